The topological polar surface area (TPSA) is 29.4 Å². The number of alkyl halides is 3. The normalized spacial score (nSPS) is 13.1. The van der Waals surface area contributed by atoms with Gasteiger partial charge in [0.05, 0.1) is 0 Å². The average Bonchev–Trinajstić information content (AvgIpc) is 2.14. The van der Waals surface area contributed by atoms with E-state index >= 15 is 0 Å². The van der Waals surface area contributed by atoms with Crippen molar-refractivity contribution in [2.24, 2.45) is 4.99 Å². The zero-order chi connectivity index (χ0) is 11.5. The highest BCUT2D eigenvalue weighted by Gasteiger charge is 2.41. The number of halogens is 4. The number of benzene rings is 1. The third-order valence-corrected chi connectivity index (χ3v) is 2.21. The van der Waals surface area contributed by atoms with Crippen molar-refractivity contribution in [2.45, 2.75) is 12.2 Å². The largest absolute Gasteiger partial charge is 0.415 e. The van der Waals surface area contributed by atoms with Gasteiger partial charge in [-0.15, -0.1) is 0 Å². The molecule has 6 heteroatoms. The van der Waals surface area contributed by atoms with Crippen LogP contribution in [0.4, 0.5) is 13.2 Å². The first-order valence-corrected chi connectivity index (χ1v) is 4.63. The Labute approximate surface area is 91.9 Å². The number of rotatable bonds is 2. The second kappa shape index (κ2) is 4.59. The van der Waals surface area contributed by atoms with Crippen LogP contribution in [0.3, 0.4) is 0 Å². The number of aliphatic imine (C=N–C) groups is 1. The van der Waals surface area contributed by atoms with E-state index in [9.17, 15) is 18.0 Å². The Morgan fingerprint density at radius 1 is 1.27 bits per heavy atom. The van der Waals surface area contributed by atoms with Crippen molar-refractivity contribution >= 4 is 22.0 Å². The predicted molar refractivity (Wildman–Crippen MR) is 51.1 cm³/mol. The van der Waals surface area contributed by atoms with E-state index < -0.39 is 12.2 Å². The Hall–Kier alpha value is -1.13. The zero-order valence-corrected chi connectivity index (χ0v) is 8.84. The van der Waals surface area contributed by atoms with Gasteiger partial charge >= 0.3 is 6.18 Å². The number of isocyanates is 1. The summed E-state index contributed by atoms with van der Waals surface area (Å²) in [6.07, 6.45) is -3.65. The van der Waals surface area contributed by atoms with Gasteiger partial charge in [-0.3, -0.25) is 0 Å². The Balaban J connectivity index is 3.10. The molecule has 15 heavy (non-hydrogen) atoms. The molecule has 1 aromatic carbocycles. The smallest absolute Gasteiger partial charge is 0.211 e. The summed E-state index contributed by atoms with van der Waals surface area (Å²) in [4.78, 5) is 12.7. The fraction of sp³-hybridized carbons (Fsp3) is 0.222. The summed E-state index contributed by atoms with van der Waals surface area (Å²) in [6.45, 7) is 0. The molecular weight excluding hydrogens is 275 g/mol. The molecule has 0 aliphatic heterocycles. The monoisotopic (exact) mass is 279 g/mol. The SMILES string of the molecule is O=C=NC(c1ccc(Br)cc1)C(F)(F)F. The zero-order valence-electron chi connectivity index (χ0n) is 7.25. The molecule has 0 heterocycles. The van der Waals surface area contributed by atoms with E-state index in [1.165, 1.54) is 24.3 Å². The van der Waals surface area contributed by atoms with Gasteiger partial charge < -0.3 is 0 Å². The Kier molecular flexibility index (Phi) is 3.66. The first-order chi connectivity index (χ1) is 6.95. The van der Waals surface area contributed by atoms with Crippen LogP contribution in [-0.2, 0) is 4.79 Å². The summed E-state index contributed by atoms with van der Waals surface area (Å²) < 4.78 is 37.9. The van der Waals surface area contributed by atoms with Crippen molar-refractivity contribution in [3.63, 3.8) is 0 Å². The van der Waals surface area contributed by atoms with Gasteiger partial charge in [0.2, 0.25) is 6.08 Å². The summed E-state index contributed by atoms with van der Waals surface area (Å²) in [5.74, 6) is 0. The lowest BCUT2D eigenvalue weighted by Crippen LogP contribution is -2.18. The van der Waals surface area contributed by atoms with Crippen molar-refractivity contribution in [3.05, 3.63) is 34.3 Å². The molecule has 0 N–H and O–H groups in total. The van der Waals surface area contributed by atoms with Gasteiger partial charge in [0, 0.05) is 4.47 Å². The van der Waals surface area contributed by atoms with E-state index in [0.717, 1.165) is 6.08 Å². The minimum absolute atomic E-state index is 0.0888. The molecule has 0 saturated heterocycles. The van der Waals surface area contributed by atoms with E-state index in [0.29, 0.717) is 4.47 Å². The summed E-state index contributed by atoms with van der Waals surface area (Å²) in [7, 11) is 0. The van der Waals surface area contributed by atoms with E-state index in [2.05, 4.69) is 20.9 Å². The molecule has 1 unspecified atom stereocenters. The molecule has 0 fully saturated rings. The van der Waals surface area contributed by atoms with Crippen LogP contribution in [0.2, 0.25) is 0 Å². The van der Waals surface area contributed by atoms with Crippen LogP contribution in [0, 0.1) is 0 Å². The van der Waals surface area contributed by atoms with Crippen molar-refractivity contribution < 1.29 is 18.0 Å². The highest BCUT2D eigenvalue weighted by molar-refractivity contribution is 9.10. The Morgan fingerprint density at radius 3 is 2.20 bits per heavy atom. The molecule has 80 valence electrons. The van der Waals surface area contributed by atoms with Crippen molar-refractivity contribution in [3.8, 4) is 0 Å². The first kappa shape index (κ1) is 11.9. The standard InChI is InChI=1S/C9H5BrF3NO/c10-7-3-1-6(2-4-7)8(14-5-15)9(11,12)13/h1-4,8H. The fourth-order valence-electron chi connectivity index (χ4n) is 1.03. The lowest BCUT2D eigenvalue weighted by molar-refractivity contribution is -0.148. The van der Waals surface area contributed by atoms with Crippen LogP contribution < -0.4 is 0 Å². The maximum atomic E-state index is 12.4. The quantitative estimate of drug-likeness (QED) is 0.603. The van der Waals surface area contributed by atoms with E-state index in [1.54, 1.807) is 0 Å². The van der Waals surface area contributed by atoms with Gasteiger partial charge in [-0.2, -0.15) is 18.2 Å². The number of nitrogens with zero attached hydrogens (tertiary/aromatic N) is 1. The molecular formula is C9H5BrF3NO. The molecule has 1 rings (SSSR count). The molecule has 0 aliphatic rings. The molecule has 0 aromatic heterocycles. The summed E-state index contributed by atoms with van der Waals surface area (Å²) in [5, 5.41) is 0. The third-order valence-electron chi connectivity index (χ3n) is 1.68. The second-order valence-electron chi connectivity index (χ2n) is 2.72. The summed E-state index contributed by atoms with van der Waals surface area (Å²) in [5.41, 5.74) is -0.0888. The van der Waals surface area contributed by atoms with Crippen molar-refractivity contribution in [2.75, 3.05) is 0 Å². The highest BCUT2D eigenvalue weighted by atomic mass is 79.9. The lowest BCUT2D eigenvalue weighted by Gasteiger charge is -2.14. The van der Waals surface area contributed by atoms with E-state index in [1.807, 2.05) is 0 Å². The molecule has 1 aromatic rings. The maximum Gasteiger partial charge on any atom is 0.415 e. The summed E-state index contributed by atoms with van der Waals surface area (Å²) >= 11 is 3.09. The van der Waals surface area contributed by atoms with Crippen molar-refractivity contribution in [1.82, 2.24) is 0 Å². The van der Waals surface area contributed by atoms with Gasteiger partial charge in [-0.05, 0) is 17.7 Å². The molecule has 0 aliphatic carbocycles. The van der Waals surface area contributed by atoms with Crippen LogP contribution >= 0.6 is 15.9 Å². The minimum atomic E-state index is -4.58. The van der Waals surface area contributed by atoms with Gasteiger partial charge in [0.15, 0.2) is 6.04 Å². The molecule has 0 bridgehead atoms. The highest BCUT2D eigenvalue weighted by Crippen LogP contribution is 2.35. The predicted octanol–water partition coefficient (Wildman–Crippen LogP) is 3.39. The maximum absolute atomic E-state index is 12.4. The fourth-order valence-corrected chi connectivity index (χ4v) is 1.30. The van der Waals surface area contributed by atoms with Gasteiger partial charge in [0.25, 0.3) is 0 Å². The number of hydrogen-bond donors (Lipinski definition) is 0. The summed E-state index contributed by atoms with van der Waals surface area (Å²) in [6, 6.07) is 3.28. The van der Waals surface area contributed by atoms with E-state index in [4.69, 9.17) is 0 Å². The Bertz CT molecular complexity index is 381. The minimum Gasteiger partial charge on any atom is -0.211 e. The molecule has 0 spiro atoms. The molecule has 2 nitrogen and oxygen atoms in total. The van der Waals surface area contributed by atoms with E-state index in [-0.39, 0.29) is 5.56 Å². The number of hydrogen-bond acceptors (Lipinski definition) is 2. The van der Waals surface area contributed by atoms with Crippen LogP contribution in [0.5, 0.6) is 0 Å². The van der Waals surface area contributed by atoms with Crippen molar-refractivity contribution in [1.29, 1.82) is 0 Å². The van der Waals surface area contributed by atoms with Crippen LogP contribution in [0.15, 0.2) is 33.7 Å². The lowest BCUT2D eigenvalue weighted by atomic mass is 10.1. The molecule has 0 saturated carbocycles. The van der Waals surface area contributed by atoms with Crippen LogP contribution in [0.1, 0.15) is 11.6 Å². The molecule has 1 atom stereocenters. The number of carbonyl (C=O) groups excluding carboxylic acids is 1. The van der Waals surface area contributed by atoms with Gasteiger partial charge in [0.1, 0.15) is 0 Å². The average molecular weight is 280 g/mol. The van der Waals surface area contributed by atoms with Gasteiger partial charge in [-0.25, -0.2) is 4.79 Å². The van der Waals surface area contributed by atoms with Gasteiger partial charge in [-0.1, -0.05) is 28.1 Å². The van der Waals surface area contributed by atoms with Crippen LogP contribution in [-0.4, -0.2) is 12.3 Å². The third kappa shape index (κ3) is 3.18. The van der Waals surface area contributed by atoms with Crippen LogP contribution in [0.25, 0.3) is 0 Å². The molecule has 0 amide bonds. The second-order valence-corrected chi connectivity index (χ2v) is 3.63. The Morgan fingerprint density at radius 2 is 1.80 bits per heavy atom. The first-order valence-electron chi connectivity index (χ1n) is 3.84. The molecule has 0 radical (unpaired) electrons.